The van der Waals surface area contributed by atoms with E-state index in [4.69, 9.17) is 5.11 Å². The molecule has 4 heteroatoms. The van der Waals surface area contributed by atoms with E-state index in [-0.39, 0.29) is 6.61 Å². The molecule has 1 aromatic heterocycles. The molecule has 0 fully saturated rings. The highest BCUT2D eigenvalue weighted by Crippen LogP contribution is 2.19. The maximum atomic E-state index is 8.82. The zero-order chi connectivity index (χ0) is 11.5. The standard InChI is InChI=1S/C12H13BrN2O/c1-9-8-11(2-3-12(9)13)15-6-4-10(14-15)5-7-16/h2-4,6,8,16H,5,7H2,1H3. The van der Waals surface area contributed by atoms with Crippen molar-refractivity contribution in [1.82, 2.24) is 9.78 Å². The Hall–Kier alpha value is -1.13. The largest absolute Gasteiger partial charge is 0.396 e. The molecule has 1 aromatic carbocycles. The number of aromatic nitrogens is 2. The second kappa shape index (κ2) is 4.80. The third kappa shape index (κ3) is 2.33. The third-order valence-corrected chi connectivity index (χ3v) is 3.31. The molecule has 1 heterocycles. The molecule has 0 spiro atoms. The number of nitrogens with zero attached hydrogens (tertiary/aromatic N) is 2. The first-order chi connectivity index (χ1) is 7.70. The summed E-state index contributed by atoms with van der Waals surface area (Å²) in [4.78, 5) is 0. The topological polar surface area (TPSA) is 38.0 Å². The van der Waals surface area contributed by atoms with Crippen molar-refractivity contribution in [3.63, 3.8) is 0 Å². The Morgan fingerprint density at radius 2 is 2.19 bits per heavy atom. The molecule has 0 atom stereocenters. The van der Waals surface area contributed by atoms with Crippen LogP contribution in [0.25, 0.3) is 5.69 Å². The number of aliphatic hydroxyl groups is 1. The van der Waals surface area contributed by atoms with Crippen LogP contribution in [0.2, 0.25) is 0 Å². The summed E-state index contributed by atoms with van der Waals surface area (Å²) in [6, 6.07) is 8.01. The molecule has 0 unspecified atom stereocenters. The predicted octanol–water partition coefficient (Wildman–Crippen LogP) is 2.48. The highest BCUT2D eigenvalue weighted by Gasteiger charge is 2.02. The first-order valence-corrected chi connectivity index (χ1v) is 5.92. The van der Waals surface area contributed by atoms with Gasteiger partial charge in [0.25, 0.3) is 0 Å². The van der Waals surface area contributed by atoms with E-state index in [2.05, 4.69) is 27.1 Å². The van der Waals surface area contributed by atoms with Crippen molar-refractivity contribution >= 4 is 15.9 Å². The minimum absolute atomic E-state index is 0.135. The molecule has 0 radical (unpaired) electrons. The summed E-state index contributed by atoms with van der Waals surface area (Å²) in [6.07, 6.45) is 2.51. The molecular formula is C12H13BrN2O. The molecule has 0 aliphatic rings. The fourth-order valence-electron chi connectivity index (χ4n) is 1.52. The third-order valence-electron chi connectivity index (χ3n) is 2.42. The van der Waals surface area contributed by atoms with Gasteiger partial charge in [0.15, 0.2) is 0 Å². The molecule has 0 aliphatic heterocycles. The van der Waals surface area contributed by atoms with Crippen LogP contribution in [0.3, 0.4) is 0 Å². The van der Waals surface area contributed by atoms with Gasteiger partial charge in [0.1, 0.15) is 0 Å². The van der Waals surface area contributed by atoms with E-state index in [1.807, 2.05) is 36.0 Å². The fourth-order valence-corrected chi connectivity index (χ4v) is 1.77. The van der Waals surface area contributed by atoms with Gasteiger partial charge in [-0.25, -0.2) is 4.68 Å². The molecule has 3 nitrogen and oxygen atoms in total. The van der Waals surface area contributed by atoms with Crippen molar-refractivity contribution in [3.8, 4) is 5.69 Å². The Morgan fingerprint density at radius 1 is 1.38 bits per heavy atom. The Labute approximate surface area is 103 Å². The maximum Gasteiger partial charge on any atom is 0.0651 e. The van der Waals surface area contributed by atoms with Crippen molar-refractivity contribution < 1.29 is 5.11 Å². The Kier molecular flexibility index (Phi) is 3.41. The van der Waals surface area contributed by atoms with E-state index in [1.54, 1.807) is 0 Å². The minimum atomic E-state index is 0.135. The van der Waals surface area contributed by atoms with Gasteiger partial charge in [-0.1, -0.05) is 15.9 Å². The molecule has 0 bridgehead atoms. The molecule has 16 heavy (non-hydrogen) atoms. The average Bonchev–Trinajstić information content (AvgIpc) is 2.71. The van der Waals surface area contributed by atoms with Crippen LogP contribution in [0.1, 0.15) is 11.3 Å². The van der Waals surface area contributed by atoms with Gasteiger partial charge in [-0.15, -0.1) is 0 Å². The predicted molar refractivity (Wildman–Crippen MR) is 66.8 cm³/mol. The number of benzene rings is 1. The molecule has 0 saturated carbocycles. The van der Waals surface area contributed by atoms with Gasteiger partial charge in [0.05, 0.1) is 11.4 Å². The summed E-state index contributed by atoms with van der Waals surface area (Å²) in [6.45, 7) is 2.18. The quantitative estimate of drug-likeness (QED) is 0.938. The number of hydrogen-bond acceptors (Lipinski definition) is 2. The maximum absolute atomic E-state index is 8.82. The highest BCUT2D eigenvalue weighted by atomic mass is 79.9. The van der Waals surface area contributed by atoms with Gasteiger partial charge in [0.2, 0.25) is 0 Å². The van der Waals surface area contributed by atoms with Crippen LogP contribution in [-0.4, -0.2) is 21.5 Å². The lowest BCUT2D eigenvalue weighted by Gasteiger charge is -2.04. The van der Waals surface area contributed by atoms with Gasteiger partial charge in [-0.3, -0.25) is 0 Å². The minimum Gasteiger partial charge on any atom is -0.396 e. The number of aliphatic hydroxyl groups excluding tert-OH is 1. The number of aryl methyl sites for hydroxylation is 1. The first-order valence-electron chi connectivity index (χ1n) is 5.12. The SMILES string of the molecule is Cc1cc(-n2ccc(CCO)n2)ccc1Br. The van der Waals surface area contributed by atoms with E-state index < -0.39 is 0 Å². The first kappa shape index (κ1) is 11.4. The molecule has 0 aliphatic carbocycles. The summed E-state index contributed by atoms with van der Waals surface area (Å²) in [5.41, 5.74) is 3.12. The van der Waals surface area contributed by atoms with E-state index in [9.17, 15) is 0 Å². The second-order valence-corrected chi connectivity index (χ2v) is 4.51. The van der Waals surface area contributed by atoms with Gasteiger partial charge in [-0.05, 0) is 36.8 Å². The van der Waals surface area contributed by atoms with Gasteiger partial charge < -0.3 is 5.11 Å². The Balaban J connectivity index is 2.31. The van der Waals surface area contributed by atoms with Crippen LogP contribution in [0, 0.1) is 6.92 Å². The normalized spacial score (nSPS) is 10.7. The zero-order valence-electron chi connectivity index (χ0n) is 9.02. The fraction of sp³-hybridized carbons (Fsp3) is 0.250. The molecule has 84 valence electrons. The van der Waals surface area contributed by atoms with Crippen molar-refractivity contribution in [2.75, 3.05) is 6.61 Å². The molecule has 2 aromatic rings. The van der Waals surface area contributed by atoms with Crippen molar-refractivity contribution in [1.29, 1.82) is 0 Å². The molecule has 2 rings (SSSR count). The number of hydrogen-bond donors (Lipinski definition) is 1. The van der Waals surface area contributed by atoms with Gasteiger partial charge >= 0.3 is 0 Å². The summed E-state index contributed by atoms with van der Waals surface area (Å²) in [5.74, 6) is 0. The lowest BCUT2D eigenvalue weighted by molar-refractivity contribution is 0.298. The van der Waals surface area contributed by atoms with Crippen LogP contribution in [0.4, 0.5) is 0 Å². The van der Waals surface area contributed by atoms with Crippen LogP contribution in [0.15, 0.2) is 34.9 Å². The molecular weight excluding hydrogens is 268 g/mol. The van der Waals surface area contributed by atoms with Crippen LogP contribution >= 0.6 is 15.9 Å². The second-order valence-electron chi connectivity index (χ2n) is 3.66. The van der Waals surface area contributed by atoms with Crippen LogP contribution in [0.5, 0.6) is 0 Å². The zero-order valence-corrected chi connectivity index (χ0v) is 10.6. The van der Waals surface area contributed by atoms with Crippen LogP contribution < -0.4 is 0 Å². The number of halogens is 1. The lowest BCUT2D eigenvalue weighted by Crippen LogP contribution is -1.98. The average molecular weight is 281 g/mol. The van der Waals surface area contributed by atoms with E-state index in [0.29, 0.717) is 6.42 Å². The summed E-state index contributed by atoms with van der Waals surface area (Å²) in [7, 11) is 0. The monoisotopic (exact) mass is 280 g/mol. The van der Waals surface area contributed by atoms with E-state index in [0.717, 1.165) is 15.9 Å². The molecule has 0 saturated heterocycles. The molecule has 1 N–H and O–H groups in total. The summed E-state index contributed by atoms with van der Waals surface area (Å²) in [5, 5.41) is 13.2. The van der Waals surface area contributed by atoms with E-state index >= 15 is 0 Å². The van der Waals surface area contributed by atoms with Gasteiger partial charge in [-0.2, -0.15) is 5.10 Å². The van der Waals surface area contributed by atoms with E-state index in [1.165, 1.54) is 5.56 Å². The summed E-state index contributed by atoms with van der Waals surface area (Å²) < 4.78 is 2.92. The van der Waals surface area contributed by atoms with Crippen molar-refractivity contribution in [2.45, 2.75) is 13.3 Å². The van der Waals surface area contributed by atoms with Gasteiger partial charge in [0, 0.05) is 23.7 Å². The Morgan fingerprint density at radius 3 is 2.88 bits per heavy atom. The van der Waals surface area contributed by atoms with Crippen molar-refractivity contribution in [2.24, 2.45) is 0 Å². The highest BCUT2D eigenvalue weighted by molar-refractivity contribution is 9.10. The molecule has 0 amide bonds. The number of rotatable bonds is 3. The lowest BCUT2D eigenvalue weighted by atomic mass is 10.2. The van der Waals surface area contributed by atoms with Crippen molar-refractivity contribution in [3.05, 3.63) is 46.2 Å². The smallest absolute Gasteiger partial charge is 0.0651 e. The summed E-state index contributed by atoms with van der Waals surface area (Å²) >= 11 is 3.47. The van der Waals surface area contributed by atoms with Crippen LogP contribution in [-0.2, 0) is 6.42 Å². The Bertz CT molecular complexity index is 494.